The van der Waals surface area contributed by atoms with Gasteiger partial charge in [-0.15, -0.1) is 11.8 Å². The maximum Gasteiger partial charge on any atom is 0.311 e. The van der Waals surface area contributed by atoms with Crippen LogP contribution in [0, 0.1) is 11.8 Å². The Kier molecular flexibility index (Phi) is 7.25. The number of aliphatic hydroxyl groups is 1. The van der Waals surface area contributed by atoms with Crippen molar-refractivity contribution in [1.29, 1.82) is 0 Å². The van der Waals surface area contributed by atoms with E-state index in [4.69, 9.17) is 9.47 Å². The van der Waals surface area contributed by atoms with Gasteiger partial charge in [0.2, 0.25) is 11.8 Å². The number of morpholine rings is 1. The van der Waals surface area contributed by atoms with Gasteiger partial charge in [0, 0.05) is 38.0 Å². The van der Waals surface area contributed by atoms with E-state index in [-0.39, 0.29) is 29.6 Å². The Balaban J connectivity index is 1.50. The quantitative estimate of drug-likeness (QED) is 0.406. The average molecular weight is 506 g/mol. The number of carbonyl (C=O) groups excluding carboxylic acids is 3. The Bertz CT molecular complexity index is 902. The van der Waals surface area contributed by atoms with Crippen LogP contribution in [0.3, 0.4) is 0 Å². The maximum atomic E-state index is 14.2. The van der Waals surface area contributed by atoms with E-state index in [1.165, 1.54) is 0 Å². The molecule has 0 radical (unpaired) electrons. The predicted molar refractivity (Wildman–Crippen MR) is 131 cm³/mol. The number of esters is 1. The lowest BCUT2D eigenvalue weighted by Gasteiger charge is -2.38. The van der Waals surface area contributed by atoms with Crippen molar-refractivity contribution in [3.63, 3.8) is 0 Å². The molecule has 5 rings (SSSR count). The lowest BCUT2D eigenvalue weighted by atomic mass is 9.78. The first-order chi connectivity index (χ1) is 17.0. The summed E-state index contributed by atoms with van der Waals surface area (Å²) in [6, 6.07) is -1.24. The van der Waals surface area contributed by atoms with Gasteiger partial charge in [-0.05, 0) is 12.8 Å². The number of hydrogen-bond donors (Lipinski definition) is 1. The Morgan fingerprint density at radius 3 is 2.69 bits per heavy atom. The van der Waals surface area contributed by atoms with E-state index in [0.717, 1.165) is 19.6 Å². The number of aliphatic hydroxyl groups excluding tert-OH is 1. The van der Waals surface area contributed by atoms with Gasteiger partial charge < -0.3 is 24.4 Å². The molecule has 5 heterocycles. The number of amides is 2. The van der Waals surface area contributed by atoms with Crippen LogP contribution in [0.2, 0.25) is 0 Å². The molecule has 0 aliphatic carbocycles. The first kappa shape index (κ1) is 24.8. The van der Waals surface area contributed by atoms with Crippen molar-refractivity contribution in [2.45, 2.75) is 41.8 Å². The monoisotopic (exact) mass is 505 g/mol. The lowest BCUT2D eigenvalue weighted by molar-refractivity contribution is -0.153. The summed E-state index contributed by atoms with van der Waals surface area (Å²) in [7, 11) is 0. The molecule has 9 nitrogen and oxygen atoms in total. The third-order valence-electron chi connectivity index (χ3n) is 8.01. The predicted octanol–water partition coefficient (Wildman–Crippen LogP) is 0.288. The Morgan fingerprint density at radius 1 is 1.14 bits per heavy atom. The van der Waals surface area contributed by atoms with E-state index >= 15 is 0 Å². The summed E-state index contributed by atoms with van der Waals surface area (Å²) < 4.78 is 10.1. The molecule has 0 aromatic carbocycles. The molecule has 192 valence electrons. The minimum atomic E-state index is -0.868. The van der Waals surface area contributed by atoms with E-state index in [0.29, 0.717) is 45.8 Å². The molecule has 3 fully saturated rings. The minimum Gasteiger partial charge on any atom is -0.465 e. The molecule has 2 amide bonds. The van der Waals surface area contributed by atoms with E-state index < -0.39 is 28.7 Å². The number of carbonyl (C=O) groups is 3. The Hall–Kier alpha value is -1.88. The molecule has 6 atom stereocenters. The van der Waals surface area contributed by atoms with E-state index in [9.17, 15) is 19.5 Å². The molecule has 1 unspecified atom stereocenters. The van der Waals surface area contributed by atoms with Crippen LogP contribution in [0.5, 0.6) is 0 Å². The van der Waals surface area contributed by atoms with Gasteiger partial charge in [-0.2, -0.15) is 0 Å². The van der Waals surface area contributed by atoms with Crippen molar-refractivity contribution in [3.8, 4) is 0 Å². The molecule has 0 aromatic heterocycles. The lowest BCUT2D eigenvalue weighted by Crippen LogP contribution is -2.57. The van der Waals surface area contributed by atoms with Gasteiger partial charge in [-0.1, -0.05) is 31.2 Å². The zero-order valence-corrected chi connectivity index (χ0v) is 21.0. The number of thioether (sulfide) groups is 1. The van der Waals surface area contributed by atoms with Gasteiger partial charge in [0.05, 0.1) is 49.1 Å². The first-order valence-corrected chi connectivity index (χ1v) is 13.6. The summed E-state index contributed by atoms with van der Waals surface area (Å²) in [5.74, 6) is -2.04. The summed E-state index contributed by atoms with van der Waals surface area (Å²) in [6.07, 6.45) is 9.18. The largest absolute Gasteiger partial charge is 0.465 e. The van der Waals surface area contributed by atoms with Crippen molar-refractivity contribution in [2.75, 3.05) is 59.2 Å². The number of rotatable bonds is 6. The zero-order chi connectivity index (χ0) is 24.6. The van der Waals surface area contributed by atoms with Crippen LogP contribution in [0.1, 0.15) is 19.8 Å². The van der Waals surface area contributed by atoms with Crippen LogP contribution < -0.4 is 0 Å². The molecular weight excluding hydrogens is 470 g/mol. The van der Waals surface area contributed by atoms with Crippen molar-refractivity contribution in [2.24, 2.45) is 11.8 Å². The summed E-state index contributed by atoms with van der Waals surface area (Å²) in [4.78, 5) is 47.0. The summed E-state index contributed by atoms with van der Waals surface area (Å²) in [6.45, 7) is 6.80. The Labute approximate surface area is 210 Å². The number of likely N-dealkylation sites (tertiary alicyclic amines) is 1. The molecule has 10 heteroatoms. The Morgan fingerprint density at radius 2 is 1.94 bits per heavy atom. The highest BCUT2D eigenvalue weighted by Crippen LogP contribution is 2.61. The van der Waals surface area contributed by atoms with Crippen LogP contribution >= 0.6 is 11.8 Å². The average Bonchev–Trinajstić information content (AvgIpc) is 3.24. The second-order valence-electron chi connectivity index (χ2n) is 9.86. The SMILES string of the molecule is CC[C@@H](CO)N1C(=O)[C@@H]2[C@H]3C(=O)OCCC=C[C@H]3S[C@@]23C=CCN(CCN2CCOCC2)C(=O)C13. The van der Waals surface area contributed by atoms with Gasteiger partial charge >= 0.3 is 5.97 Å². The molecule has 5 aliphatic rings. The second-order valence-corrected chi connectivity index (χ2v) is 11.3. The first-order valence-electron chi connectivity index (χ1n) is 12.7. The summed E-state index contributed by atoms with van der Waals surface area (Å²) in [5, 5.41) is 9.92. The molecule has 0 aromatic rings. The third-order valence-corrected chi connectivity index (χ3v) is 9.75. The van der Waals surface area contributed by atoms with Gasteiger partial charge in [0.1, 0.15) is 6.04 Å². The van der Waals surface area contributed by atoms with Crippen LogP contribution in [-0.4, -0.2) is 119 Å². The van der Waals surface area contributed by atoms with Gasteiger partial charge in [-0.3, -0.25) is 19.3 Å². The highest BCUT2D eigenvalue weighted by Gasteiger charge is 2.71. The molecule has 3 saturated heterocycles. The standard InChI is InChI=1S/C25H35N3O6S/c1-2-17(16-29)28-21-23(31)27(10-9-26-11-14-33-15-12-26)8-5-7-25(21)20(22(28)30)19-18(35-25)6-3-4-13-34-24(19)32/h3,5-7,17-21,29H,2,4,8-16H2,1H3/t17-,18+,19-,20-,21?,25-/m0/s1. The molecule has 0 saturated carbocycles. The van der Waals surface area contributed by atoms with Crippen LogP contribution in [0.15, 0.2) is 24.3 Å². The molecular formula is C25H35N3O6S. The van der Waals surface area contributed by atoms with Gasteiger partial charge in [0.15, 0.2) is 0 Å². The highest BCUT2D eigenvalue weighted by molar-refractivity contribution is 8.02. The van der Waals surface area contributed by atoms with E-state index in [1.807, 2.05) is 36.1 Å². The van der Waals surface area contributed by atoms with E-state index in [1.54, 1.807) is 16.7 Å². The van der Waals surface area contributed by atoms with Crippen LogP contribution in [-0.2, 0) is 23.9 Å². The van der Waals surface area contributed by atoms with Crippen LogP contribution in [0.4, 0.5) is 0 Å². The highest BCUT2D eigenvalue weighted by atomic mass is 32.2. The molecule has 0 bridgehead atoms. The number of cyclic esters (lactones) is 1. The fourth-order valence-corrected chi connectivity index (χ4v) is 8.18. The smallest absolute Gasteiger partial charge is 0.311 e. The number of nitrogens with zero attached hydrogens (tertiary/aromatic N) is 3. The summed E-state index contributed by atoms with van der Waals surface area (Å²) >= 11 is 1.54. The van der Waals surface area contributed by atoms with E-state index in [2.05, 4.69) is 4.90 Å². The molecule has 35 heavy (non-hydrogen) atoms. The fraction of sp³-hybridized carbons (Fsp3) is 0.720. The molecule has 1 N–H and O–H groups in total. The third kappa shape index (κ3) is 4.22. The normalized spacial score (nSPS) is 36.2. The van der Waals surface area contributed by atoms with Gasteiger partial charge in [-0.25, -0.2) is 0 Å². The number of fused-ring (bicyclic) bond motifs is 2. The number of ether oxygens (including phenoxy) is 2. The minimum absolute atomic E-state index is 0.106. The number of hydrogen-bond acceptors (Lipinski definition) is 8. The van der Waals surface area contributed by atoms with Gasteiger partial charge in [0.25, 0.3) is 0 Å². The van der Waals surface area contributed by atoms with Crippen molar-refractivity contribution < 1.29 is 29.0 Å². The fourth-order valence-electron chi connectivity index (χ4n) is 6.19. The zero-order valence-electron chi connectivity index (χ0n) is 20.2. The van der Waals surface area contributed by atoms with Crippen molar-refractivity contribution >= 4 is 29.5 Å². The molecule has 5 aliphatic heterocycles. The topological polar surface area (TPSA) is 99.6 Å². The molecule has 1 spiro atoms. The summed E-state index contributed by atoms with van der Waals surface area (Å²) in [5.41, 5.74) is 0. The maximum absolute atomic E-state index is 14.2. The van der Waals surface area contributed by atoms with Crippen molar-refractivity contribution in [1.82, 2.24) is 14.7 Å². The van der Waals surface area contributed by atoms with Crippen molar-refractivity contribution in [3.05, 3.63) is 24.3 Å². The van der Waals surface area contributed by atoms with Crippen LogP contribution in [0.25, 0.3) is 0 Å². The second kappa shape index (κ2) is 10.2.